The second-order valence-electron chi connectivity index (χ2n) is 7.25. The van der Waals surface area contributed by atoms with Crippen LogP contribution in [0.5, 0.6) is 0 Å². The van der Waals surface area contributed by atoms with Gasteiger partial charge in [0.2, 0.25) is 5.95 Å². The first-order chi connectivity index (χ1) is 13.9. The number of rotatable bonds is 7. The molecule has 6 heteroatoms. The molecule has 1 aliphatic rings. The van der Waals surface area contributed by atoms with Gasteiger partial charge in [0.05, 0.1) is 11.9 Å². The summed E-state index contributed by atoms with van der Waals surface area (Å²) >= 11 is 0. The van der Waals surface area contributed by atoms with Crippen molar-refractivity contribution in [2.24, 2.45) is 0 Å². The fraction of sp³-hybridized carbons (Fsp3) is 0.364. The molecule has 1 N–H and O–H groups in total. The molecule has 144 valence electrons. The van der Waals surface area contributed by atoms with Gasteiger partial charge in [-0.25, -0.2) is 15.0 Å². The van der Waals surface area contributed by atoms with Crippen LogP contribution in [0.3, 0.4) is 0 Å². The Balaban J connectivity index is 1.33. The molecule has 3 heterocycles. The Bertz CT molecular complexity index is 855. The number of likely N-dealkylation sites (tertiary alicyclic amines) is 1. The van der Waals surface area contributed by atoms with E-state index in [9.17, 15) is 0 Å². The number of piperidine rings is 1. The van der Waals surface area contributed by atoms with E-state index in [-0.39, 0.29) is 0 Å². The average molecular weight is 374 g/mol. The molecule has 1 fully saturated rings. The van der Waals surface area contributed by atoms with Gasteiger partial charge in [-0.1, -0.05) is 30.3 Å². The normalized spacial score (nSPS) is 17.4. The number of nitrogens with zero attached hydrogens (tertiary/aromatic N) is 5. The van der Waals surface area contributed by atoms with Crippen LogP contribution in [-0.2, 0) is 6.42 Å². The lowest BCUT2D eigenvalue weighted by Gasteiger charge is -2.32. The van der Waals surface area contributed by atoms with E-state index in [0.29, 0.717) is 17.7 Å². The molecule has 28 heavy (non-hydrogen) atoms. The van der Waals surface area contributed by atoms with Crippen LogP contribution in [0, 0.1) is 0 Å². The zero-order valence-electron chi connectivity index (χ0n) is 16.0. The van der Waals surface area contributed by atoms with Crippen LogP contribution >= 0.6 is 0 Å². The van der Waals surface area contributed by atoms with Gasteiger partial charge in [0.15, 0.2) is 5.82 Å². The van der Waals surface area contributed by atoms with E-state index in [2.05, 4.69) is 55.5 Å². The van der Waals surface area contributed by atoms with Gasteiger partial charge in [-0.15, -0.1) is 0 Å². The molecule has 0 saturated carbocycles. The number of anilines is 2. The number of nitrogens with one attached hydrogen (secondary N) is 1. The highest BCUT2D eigenvalue weighted by atomic mass is 15.2. The van der Waals surface area contributed by atoms with E-state index >= 15 is 0 Å². The maximum absolute atomic E-state index is 4.74. The van der Waals surface area contributed by atoms with E-state index in [0.717, 1.165) is 25.2 Å². The smallest absolute Gasteiger partial charge is 0.228 e. The molecule has 2 aromatic heterocycles. The number of aryl methyl sites for hydroxylation is 1. The third-order valence-electron chi connectivity index (χ3n) is 5.19. The van der Waals surface area contributed by atoms with Crippen molar-refractivity contribution >= 4 is 11.8 Å². The monoisotopic (exact) mass is 374 g/mol. The van der Waals surface area contributed by atoms with E-state index < -0.39 is 0 Å². The molecular formula is C22H26N6. The fourth-order valence-corrected chi connectivity index (χ4v) is 3.79. The Hall–Kier alpha value is -2.86. The summed E-state index contributed by atoms with van der Waals surface area (Å²) in [4.78, 5) is 19.9. The van der Waals surface area contributed by atoms with E-state index in [1.165, 1.54) is 31.4 Å². The SMILES string of the molecule is c1ccc(CCCN2CCCC(c3ccnc(Nc4cnccn4)n3)C2)cc1. The highest BCUT2D eigenvalue weighted by Gasteiger charge is 2.22. The largest absolute Gasteiger partial charge is 0.307 e. The molecule has 3 aromatic rings. The second-order valence-corrected chi connectivity index (χ2v) is 7.25. The highest BCUT2D eigenvalue weighted by Crippen LogP contribution is 2.26. The van der Waals surface area contributed by atoms with Crippen LogP contribution < -0.4 is 5.32 Å². The van der Waals surface area contributed by atoms with Gasteiger partial charge in [-0.05, 0) is 50.4 Å². The molecule has 1 aromatic carbocycles. The van der Waals surface area contributed by atoms with Gasteiger partial charge in [-0.2, -0.15) is 0 Å². The molecule has 0 aliphatic carbocycles. The minimum atomic E-state index is 0.455. The van der Waals surface area contributed by atoms with Gasteiger partial charge in [-0.3, -0.25) is 4.98 Å². The van der Waals surface area contributed by atoms with Gasteiger partial charge in [0.25, 0.3) is 0 Å². The van der Waals surface area contributed by atoms with Crippen molar-refractivity contribution in [1.82, 2.24) is 24.8 Å². The van der Waals surface area contributed by atoms with Crippen LogP contribution in [0.1, 0.15) is 36.4 Å². The molecule has 0 radical (unpaired) electrons. The lowest BCUT2D eigenvalue weighted by Crippen LogP contribution is -2.35. The summed E-state index contributed by atoms with van der Waals surface area (Å²) in [7, 11) is 0. The predicted molar refractivity (Wildman–Crippen MR) is 111 cm³/mol. The standard InChI is InChI=1S/C22H26N6/c1-2-6-18(7-3-1)8-4-14-28-15-5-9-19(17-28)20-10-11-25-22(26-20)27-21-16-23-12-13-24-21/h1-3,6-7,10-13,16,19H,4-5,8-9,14-15,17H2,(H,24,25,26,27). The first-order valence-electron chi connectivity index (χ1n) is 9.99. The minimum absolute atomic E-state index is 0.455. The molecule has 0 bridgehead atoms. The van der Waals surface area contributed by atoms with Crippen molar-refractivity contribution < 1.29 is 0 Å². The second kappa shape index (κ2) is 9.37. The van der Waals surface area contributed by atoms with Crippen LogP contribution in [-0.4, -0.2) is 44.5 Å². The molecule has 1 atom stereocenters. The maximum atomic E-state index is 4.74. The van der Waals surface area contributed by atoms with Gasteiger partial charge in [0, 0.05) is 31.1 Å². The fourth-order valence-electron chi connectivity index (χ4n) is 3.79. The van der Waals surface area contributed by atoms with Crippen molar-refractivity contribution in [3.63, 3.8) is 0 Å². The topological polar surface area (TPSA) is 66.8 Å². The summed E-state index contributed by atoms with van der Waals surface area (Å²) in [6.45, 7) is 3.39. The average Bonchev–Trinajstić information content (AvgIpc) is 2.76. The van der Waals surface area contributed by atoms with E-state index in [1.54, 1.807) is 18.6 Å². The van der Waals surface area contributed by atoms with E-state index in [4.69, 9.17) is 4.98 Å². The van der Waals surface area contributed by atoms with Gasteiger partial charge >= 0.3 is 0 Å². The summed E-state index contributed by atoms with van der Waals surface area (Å²) in [6, 6.07) is 12.8. The summed E-state index contributed by atoms with van der Waals surface area (Å²) < 4.78 is 0. The number of hydrogen-bond acceptors (Lipinski definition) is 6. The first kappa shape index (κ1) is 18.5. The Morgan fingerprint density at radius 1 is 1.04 bits per heavy atom. The lowest BCUT2D eigenvalue weighted by atomic mass is 9.94. The van der Waals surface area contributed by atoms with Crippen LogP contribution in [0.2, 0.25) is 0 Å². The Kier molecular flexibility index (Phi) is 6.19. The maximum Gasteiger partial charge on any atom is 0.228 e. The van der Waals surface area contributed by atoms with Crippen molar-refractivity contribution in [1.29, 1.82) is 0 Å². The summed E-state index contributed by atoms with van der Waals surface area (Å²) in [5, 5.41) is 3.14. The molecule has 1 unspecified atom stereocenters. The molecule has 1 saturated heterocycles. The van der Waals surface area contributed by atoms with Gasteiger partial charge < -0.3 is 10.2 Å². The number of aromatic nitrogens is 4. The van der Waals surface area contributed by atoms with Crippen molar-refractivity contribution in [3.05, 3.63) is 72.4 Å². The Morgan fingerprint density at radius 3 is 2.82 bits per heavy atom. The zero-order chi connectivity index (χ0) is 19.0. The molecule has 1 aliphatic heterocycles. The molecule has 0 amide bonds. The Morgan fingerprint density at radius 2 is 1.96 bits per heavy atom. The Labute approximate surface area is 166 Å². The predicted octanol–water partition coefficient (Wildman–Crippen LogP) is 3.82. The van der Waals surface area contributed by atoms with E-state index in [1.807, 2.05) is 12.3 Å². The molecule has 0 spiro atoms. The van der Waals surface area contributed by atoms with Crippen LogP contribution in [0.4, 0.5) is 11.8 Å². The number of benzene rings is 1. The number of hydrogen-bond donors (Lipinski definition) is 1. The van der Waals surface area contributed by atoms with Crippen molar-refractivity contribution in [2.45, 2.75) is 31.6 Å². The highest BCUT2D eigenvalue weighted by molar-refractivity contribution is 5.45. The third kappa shape index (κ3) is 5.10. The summed E-state index contributed by atoms with van der Waals surface area (Å²) in [6.07, 6.45) is 11.5. The summed E-state index contributed by atoms with van der Waals surface area (Å²) in [5.74, 6) is 1.70. The van der Waals surface area contributed by atoms with Crippen LogP contribution in [0.15, 0.2) is 61.2 Å². The van der Waals surface area contributed by atoms with Crippen LogP contribution in [0.25, 0.3) is 0 Å². The van der Waals surface area contributed by atoms with Gasteiger partial charge in [0.1, 0.15) is 0 Å². The summed E-state index contributed by atoms with van der Waals surface area (Å²) in [5.41, 5.74) is 2.53. The van der Waals surface area contributed by atoms with Crippen molar-refractivity contribution in [3.8, 4) is 0 Å². The quantitative estimate of drug-likeness (QED) is 0.678. The zero-order valence-corrected chi connectivity index (χ0v) is 16.0. The minimum Gasteiger partial charge on any atom is -0.307 e. The molecule has 4 rings (SSSR count). The molecule has 6 nitrogen and oxygen atoms in total. The van der Waals surface area contributed by atoms with Crippen molar-refractivity contribution in [2.75, 3.05) is 25.0 Å². The first-order valence-corrected chi connectivity index (χ1v) is 9.99. The lowest BCUT2D eigenvalue weighted by molar-refractivity contribution is 0.204. The third-order valence-corrected chi connectivity index (χ3v) is 5.19. The molecular weight excluding hydrogens is 348 g/mol.